The van der Waals surface area contributed by atoms with Crippen molar-refractivity contribution >= 4 is 0 Å². The van der Waals surface area contributed by atoms with E-state index in [1.54, 1.807) is 0 Å². The van der Waals surface area contributed by atoms with Crippen LogP contribution >= 0.6 is 0 Å². The van der Waals surface area contributed by atoms with Gasteiger partial charge in [0.05, 0.1) is 0 Å². The van der Waals surface area contributed by atoms with E-state index < -0.39 is 0 Å². The molecule has 102 valence electrons. The fourth-order valence-electron chi connectivity index (χ4n) is 3.18. The summed E-state index contributed by atoms with van der Waals surface area (Å²) >= 11 is 0. The minimum atomic E-state index is 0.107. The maximum Gasteiger partial charge on any atom is 0.0471 e. The van der Waals surface area contributed by atoms with Crippen molar-refractivity contribution in [2.45, 2.75) is 64.5 Å². The van der Waals surface area contributed by atoms with Gasteiger partial charge in [0.15, 0.2) is 0 Å². The van der Waals surface area contributed by atoms with Crippen molar-refractivity contribution in [3.05, 3.63) is 0 Å². The Morgan fingerprint density at radius 3 is 2.65 bits per heavy atom. The first-order valence-electron chi connectivity index (χ1n) is 7.18. The largest absolute Gasteiger partial charge is 0.396 e. The summed E-state index contributed by atoms with van der Waals surface area (Å²) in [6.07, 6.45) is 6.29. The monoisotopic (exact) mass is 242 g/mol. The Balaban J connectivity index is 2.71. The van der Waals surface area contributed by atoms with Gasteiger partial charge in [-0.2, -0.15) is 0 Å². The molecule has 0 aromatic heterocycles. The van der Waals surface area contributed by atoms with Crippen LogP contribution in [0.1, 0.15) is 52.9 Å². The molecule has 3 nitrogen and oxygen atoms in total. The molecule has 0 heterocycles. The number of nitrogens with one attached hydrogen (secondary N) is 1. The summed E-state index contributed by atoms with van der Waals surface area (Å²) in [5.74, 6) is 0.979. The summed E-state index contributed by atoms with van der Waals surface area (Å²) < 4.78 is 0. The van der Waals surface area contributed by atoms with Gasteiger partial charge in [0.2, 0.25) is 0 Å². The highest BCUT2D eigenvalue weighted by Crippen LogP contribution is 2.36. The van der Waals surface area contributed by atoms with Crippen LogP contribution in [0.2, 0.25) is 0 Å². The summed E-state index contributed by atoms with van der Waals surface area (Å²) in [5, 5.41) is 13.0. The molecular formula is C14H30N2O. The number of aliphatic hydroxyl groups excluding tert-OH is 1. The lowest BCUT2D eigenvalue weighted by Gasteiger charge is -2.46. The van der Waals surface area contributed by atoms with Crippen LogP contribution in [0.5, 0.6) is 0 Å². The van der Waals surface area contributed by atoms with Crippen molar-refractivity contribution in [2.75, 3.05) is 13.2 Å². The summed E-state index contributed by atoms with van der Waals surface area (Å²) in [6.45, 7) is 7.48. The lowest BCUT2D eigenvalue weighted by molar-refractivity contribution is 0.106. The molecule has 1 rings (SSSR count). The number of rotatable bonds is 6. The van der Waals surface area contributed by atoms with Gasteiger partial charge in [-0.25, -0.2) is 0 Å². The van der Waals surface area contributed by atoms with Gasteiger partial charge < -0.3 is 16.2 Å². The van der Waals surface area contributed by atoms with Crippen molar-refractivity contribution in [3.63, 3.8) is 0 Å². The zero-order chi connectivity index (χ0) is 12.9. The van der Waals surface area contributed by atoms with E-state index in [0.717, 1.165) is 0 Å². The van der Waals surface area contributed by atoms with Crippen LogP contribution in [0.3, 0.4) is 0 Å². The molecule has 0 aromatic rings. The van der Waals surface area contributed by atoms with Gasteiger partial charge in [0.25, 0.3) is 0 Å². The topological polar surface area (TPSA) is 58.3 Å². The summed E-state index contributed by atoms with van der Waals surface area (Å²) in [6, 6.07) is 0.329. The van der Waals surface area contributed by atoms with Gasteiger partial charge in [-0.15, -0.1) is 0 Å². The molecule has 0 aromatic carbocycles. The van der Waals surface area contributed by atoms with E-state index in [1.165, 1.54) is 32.1 Å². The zero-order valence-corrected chi connectivity index (χ0v) is 11.7. The minimum Gasteiger partial charge on any atom is -0.396 e. The minimum absolute atomic E-state index is 0.107. The molecule has 1 saturated carbocycles. The number of aliphatic hydroxyl groups is 1. The number of nitrogens with two attached hydrogens (primary N) is 1. The van der Waals surface area contributed by atoms with Crippen LogP contribution < -0.4 is 11.1 Å². The van der Waals surface area contributed by atoms with Crippen LogP contribution in [0, 0.1) is 11.8 Å². The van der Waals surface area contributed by atoms with Crippen molar-refractivity contribution in [2.24, 2.45) is 17.6 Å². The van der Waals surface area contributed by atoms with Crippen LogP contribution in [0.4, 0.5) is 0 Å². The molecule has 17 heavy (non-hydrogen) atoms. The van der Waals surface area contributed by atoms with Crippen LogP contribution in [-0.4, -0.2) is 29.8 Å². The molecule has 4 N–H and O–H groups in total. The summed E-state index contributed by atoms with van der Waals surface area (Å²) in [5.41, 5.74) is 6.18. The average molecular weight is 242 g/mol. The maximum atomic E-state index is 9.24. The van der Waals surface area contributed by atoms with Gasteiger partial charge in [0.1, 0.15) is 0 Å². The SMILES string of the molecule is CCC1CCCCC1(CN)NC(C)C(C)CO. The first kappa shape index (κ1) is 14.9. The van der Waals surface area contributed by atoms with E-state index in [9.17, 15) is 5.11 Å². The Morgan fingerprint density at radius 1 is 1.41 bits per heavy atom. The molecule has 1 aliphatic carbocycles. The van der Waals surface area contributed by atoms with Crippen molar-refractivity contribution in [1.82, 2.24) is 5.32 Å². The Kier molecular flexibility index (Phi) is 5.90. The predicted molar refractivity (Wildman–Crippen MR) is 72.9 cm³/mol. The van der Waals surface area contributed by atoms with Gasteiger partial charge in [0, 0.05) is 24.7 Å². The van der Waals surface area contributed by atoms with Crippen molar-refractivity contribution < 1.29 is 5.11 Å². The molecular weight excluding hydrogens is 212 g/mol. The molecule has 0 aliphatic heterocycles. The number of hydrogen-bond acceptors (Lipinski definition) is 3. The van der Waals surface area contributed by atoms with E-state index >= 15 is 0 Å². The van der Waals surface area contributed by atoms with Gasteiger partial charge in [-0.3, -0.25) is 0 Å². The molecule has 0 spiro atoms. The van der Waals surface area contributed by atoms with Crippen LogP contribution in [0.25, 0.3) is 0 Å². The Labute approximate surface area is 106 Å². The summed E-state index contributed by atoms with van der Waals surface area (Å²) in [7, 11) is 0. The van der Waals surface area contributed by atoms with E-state index in [4.69, 9.17) is 5.73 Å². The lowest BCUT2D eigenvalue weighted by atomic mass is 9.70. The van der Waals surface area contributed by atoms with Crippen LogP contribution in [0.15, 0.2) is 0 Å². The second kappa shape index (κ2) is 6.72. The first-order valence-corrected chi connectivity index (χ1v) is 7.18. The molecule has 0 amide bonds. The van der Waals surface area contributed by atoms with Gasteiger partial charge in [-0.05, 0) is 31.6 Å². The normalized spacial score (nSPS) is 33.4. The van der Waals surface area contributed by atoms with Crippen molar-refractivity contribution in [3.8, 4) is 0 Å². The third-order valence-electron chi connectivity index (χ3n) is 4.72. The second-order valence-corrected chi connectivity index (χ2v) is 5.80. The van der Waals surface area contributed by atoms with E-state index in [0.29, 0.717) is 18.5 Å². The fourth-order valence-corrected chi connectivity index (χ4v) is 3.18. The smallest absolute Gasteiger partial charge is 0.0471 e. The van der Waals surface area contributed by atoms with Gasteiger partial charge in [-0.1, -0.05) is 33.1 Å². The second-order valence-electron chi connectivity index (χ2n) is 5.80. The van der Waals surface area contributed by atoms with Crippen LogP contribution in [-0.2, 0) is 0 Å². The standard InChI is InChI=1S/C14H30N2O/c1-4-13-7-5-6-8-14(13,10-15)16-12(3)11(2)9-17/h11-13,16-17H,4-10,15H2,1-3H3. The molecule has 4 atom stereocenters. The average Bonchev–Trinajstić information content (AvgIpc) is 2.38. The highest BCUT2D eigenvalue weighted by Gasteiger charge is 2.39. The lowest BCUT2D eigenvalue weighted by Crippen LogP contribution is -2.61. The van der Waals surface area contributed by atoms with E-state index in [1.807, 2.05) is 0 Å². The summed E-state index contributed by atoms with van der Waals surface area (Å²) in [4.78, 5) is 0. The third-order valence-corrected chi connectivity index (χ3v) is 4.72. The maximum absolute atomic E-state index is 9.24. The molecule has 0 radical (unpaired) electrons. The highest BCUT2D eigenvalue weighted by molar-refractivity contribution is 4.99. The molecule has 0 saturated heterocycles. The first-order chi connectivity index (χ1) is 8.09. The third kappa shape index (κ3) is 3.43. The molecule has 0 bridgehead atoms. The Hall–Kier alpha value is -0.120. The van der Waals surface area contributed by atoms with E-state index in [2.05, 4.69) is 26.1 Å². The quantitative estimate of drug-likeness (QED) is 0.666. The fraction of sp³-hybridized carbons (Fsp3) is 1.00. The Bertz CT molecular complexity index is 222. The number of hydrogen-bond donors (Lipinski definition) is 3. The highest BCUT2D eigenvalue weighted by atomic mass is 16.3. The van der Waals surface area contributed by atoms with Crippen molar-refractivity contribution in [1.29, 1.82) is 0 Å². The van der Waals surface area contributed by atoms with Gasteiger partial charge >= 0.3 is 0 Å². The zero-order valence-electron chi connectivity index (χ0n) is 11.7. The molecule has 1 aliphatic rings. The Morgan fingerprint density at radius 2 is 2.12 bits per heavy atom. The predicted octanol–water partition coefficient (Wildman–Crippen LogP) is 1.89. The molecule has 3 heteroatoms. The molecule has 1 fully saturated rings. The molecule has 4 unspecified atom stereocenters. The van der Waals surface area contributed by atoms with E-state index in [-0.39, 0.29) is 18.1 Å².